The van der Waals surface area contributed by atoms with Crippen LogP contribution in [0.1, 0.15) is 33.6 Å². The maximum Gasteiger partial charge on any atom is 0.303 e. The number of nitriles is 1. The summed E-state index contributed by atoms with van der Waals surface area (Å²) in [6.45, 7) is 5.28. The van der Waals surface area contributed by atoms with Crippen LogP contribution in [0.25, 0.3) is 0 Å². The van der Waals surface area contributed by atoms with Crippen LogP contribution >= 0.6 is 0 Å². The zero-order valence-electron chi connectivity index (χ0n) is 8.69. The van der Waals surface area contributed by atoms with E-state index in [4.69, 9.17) is 10.4 Å². The van der Waals surface area contributed by atoms with Crippen molar-refractivity contribution in [3.63, 3.8) is 0 Å². The maximum atomic E-state index is 10.3. The molecule has 0 fully saturated rings. The Hall–Kier alpha value is -1.44. The van der Waals surface area contributed by atoms with Crippen LogP contribution in [0.4, 0.5) is 0 Å². The highest BCUT2D eigenvalue weighted by Crippen LogP contribution is 2.17. The van der Waals surface area contributed by atoms with E-state index in [9.17, 15) is 4.79 Å². The van der Waals surface area contributed by atoms with Crippen LogP contribution in [0, 0.1) is 11.3 Å². The lowest BCUT2D eigenvalue weighted by Gasteiger charge is -2.13. The third-order valence-electron chi connectivity index (χ3n) is 1.58. The molecule has 0 heterocycles. The highest BCUT2D eigenvalue weighted by Gasteiger charge is 2.24. The van der Waals surface area contributed by atoms with Crippen LogP contribution in [0.3, 0.4) is 0 Å². The summed E-state index contributed by atoms with van der Waals surface area (Å²) in [5.41, 5.74) is -1.01. The summed E-state index contributed by atoms with van der Waals surface area (Å²) in [5, 5.41) is 25.0. The number of aliphatic carboxylic acids is 1. The van der Waals surface area contributed by atoms with Crippen LogP contribution in [0.15, 0.2) is 10.2 Å². The van der Waals surface area contributed by atoms with Gasteiger partial charge >= 0.3 is 5.97 Å². The van der Waals surface area contributed by atoms with E-state index in [-0.39, 0.29) is 18.9 Å². The molecule has 0 aromatic rings. The summed E-state index contributed by atoms with van der Waals surface area (Å²) >= 11 is 0. The number of carboxylic acids is 1. The van der Waals surface area contributed by atoms with Crippen molar-refractivity contribution in [1.29, 1.82) is 5.26 Å². The fourth-order valence-corrected chi connectivity index (χ4v) is 0.721. The van der Waals surface area contributed by atoms with Crippen molar-refractivity contribution in [2.45, 2.75) is 45.2 Å². The second kappa shape index (κ2) is 5.32. The summed E-state index contributed by atoms with van der Waals surface area (Å²) in [5.74, 6) is -0.925. The van der Waals surface area contributed by atoms with Crippen molar-refractivity contribution in [3.05, 3.63) is 0 Å². The molecule has 0 amide bonds. The third-order valence-corrected chi connectivity index (χ3v) is 1.58. The van der Waals surface area contributed by atoms with Gasteiger partial charge in [0.05, 0.1) is 12.1 Å². The second-order valence-electron chi connectivity index (χ2n) is 3.59. The Bertz CT molecular complexity index is 268. The molecule has 1 atom stereocenters. The van der Waals surface area contributed by atoms with Gasteiger partial charge in [0.15, 0.2) is 5.54 Å². The minimum absolute atomic E-state index is 0.0208. The summed E-state index contributed by atoms with van der Waals surface area (Å²) in [4.78, 5) is 10.3. The molecule has 0 saturated carbocycles. The van der Waals surface area contributed by atoms with Crippen molar-refractivity contribution >= 4 is 5.97 Å². The standard InChI is InChI=1S/C9H15N3O2/c1-7(2)11-12-9(3,6-10)5-4-8(13)14/h7H,4-5H2,1-3H3,(H,13,14)/b12-11+. The van der Waals surface area contributed by atoms with Gasteiger partial charge in [-0.1, -0.05) is 0 Å². The summed E-state index contributed by atoms with van der Waals surface area (Å²) in [7, 11) is 0. The predicted molar refractivity (Wildman–Crippen MR) is 50.9 cm³/mol. The molecular formula is C9H15N3O2. The molecule has 1 unspecified atom stereocenters. The molecule has 0 saturated heterocycles. The van der Waals surface area contributed by atoms with Gasteiger partial charge in [0.1, 0.15) is 0 Å². The van der Waals surface area contributed by atoms with Gasteiger partial charge in [-0.15, -0.1) is 0 Å². The molecule has 14 heavy (non-hydrogen) atoms. The smallest absolute Gasteiger partial charge is 0.303 e. The molecule has 0 aliphatic rings. The number of nitrogens with zero attached hydrogens (tertiary/aromatic N) is 3. The van der Waals surface area contributed by atoms with E-state index in [1.165, 1.54) is 0 Å². The third kappa shape index (κ3) is 5.25. The SMILES string of the molecule is CC(C)/N=N/C(C)(C#N)CCC(=O)O. The van der Waals surface area contributed by atoms with E-state index in [2.05, 4.69) is 10.2 Å². The van der Waals surface area contributed by atoms with E-state index in [1.54, 1.807) is 6.92 Å². The predicted octanol–water partition coefficient (Wildman–Crippen LogP) is 1.99. The lowest BCUT2D eigenvalue weighted by Crippen LogP contribution is -2.20. The van der Waals surface area contributed by atoms with Crippen LogP contribution in [-0.4, -0.2) is 22.7 Å². The highest BCUT2D eigenvalue weighted by atomic mass is 16.4. The van der Waals surface area contributed by atoms with Crippen LogP contribution < -0.4 is 0 Å². The number of hydrogen-bond donors (Lipinski definition) is 1. The fourth-order valence-electron chi connectivity index (χ4n) is 0.721. The number of azo groups is 1. The van der Waals surface area contributed by atoms with Crippen molar-refractivity contribution < 1.29 is 9.90 Å². The van der Waals surface area contributed by atoms with Gasteiger partial charge in [-0.05, 0) is 27.2 Å². The molecule has 78 valence electrons. The Labute approximate surface area is 83.5 Å². The Morgan fingerprint density at radius 3 is 2.57 bits per heavy atom. The molecule has 5 heteroatoms. The molecule has 0 spiro atoms. The monoisotopic (exact) mass is 197 g/mol. The van der Waals surface area contributed by atoms with E-state index in [0.717, 1.165) is 0 Å². The normalized spacial score (nSPS) is 15.4. The van der Waals surface area contributed by atoms with Crippen molar-refractivity contribution in [2.75, 3.05) is 0 Å². The molecule has 0 aromatic heterocycles. The summed E-state index contributed by atoms with van der Waals surface area (Å²) in [6.07, 6.45) is 0.121. The highest BCUT2D eigenvalue weighted by molar-refractivity contribution is 5.66. The van der Waals surface area contributed by atoms with Crippen molar-refractivity contribution in [2.24, 2.45) is 10.2 Å². The van der Waals surface area contributed by atoms with E-state index >= 15 is 0 Å². The molecule has 1 N–H and O–H groups in total. The largest absolute Gasteiger partial charge is 0.481 e. The zero-order chi connectivity index (χ0) is 11.2. The number of carboxylic acid groups (broad SMARTS) is 1. The van der Waals surface area contributed by atoms with Gasteiger partial charge in [0.2, 0.25) is 0 Å². The van der Waals surface area contributed by atoms with Crippen LogP contribution in [0.5, 0.6) is 0 Å². The average Bonchev–Trinajstić information content (AvgIpc) is 2.11. The van der Waals surface area contributed by atoms with E-state index < -0.39 is 11.5 Å². The van der Waals surface area contributed by atoms with Crippen LogP contribution in [0.2, 0.25) is 0 Å². The zero-order valence-corrected chi connectivity index (χ0v) is 8.69. The Morgan fingerprint density at radius 2 is 2.21 bits per heavy atom. The minimum Gasteiger partial charge on any atom is -0.481 e. The Balaban J connectivity index is 4.34. The molecule has 0 aliphatic carbocycles. The topological polar surface area (TPSA) is 85.8 Å². The first-order valence-electron chi connectivity index (χ1n) is 4.44. The van der Waals surface area contributed by atoms with Gasteiger partial charge in [-0.3, -0.25) is 4.79 Å². The molecule has 0 radical (unpaired) electrons. The van der Waals surface area contributed by atoms with Crippen molar-refractivity contribution in [3.8, 4) is 6.07 Å². The molecule has 0 rings (SSSR count). The Kier molecular flexibility index (Phi) is 4.78. The second-order valence-corrected chi connectivity index (χ2v) is 3.59. The molecule has 0 bridgehead atoms. The molecular weight excluding hydrogens is 182 g/mol. The maximum absolute atomic E-state index is 10.3. The first kappa shape index (κ1) is 12.6. The van der Waals surface area contributed by atoms with Crippen LogP contribution in [-0.2, 0) is 4.79 Å². The summed E-state index contributed by atoms with van der Waals surface area (Å²) in [6, 6.07) is 1.99. The van der Waals surface area contributed by atoms with E-state index in [1.807, 2.05) is 19.9 Å². The first-order valence-corrected chi connectivity index (χ1v) is 4.44. The molecule has 5 nitrogen and oxygen atoms in total. The van der Waals surface area contributed by atoms with E-state index in [0.29, 0.717) is 0 Å². The van der Waals surface area contributed by atoms with Gasteiger partial charge < -0.3 is 5.11 Å². The Morgan fingerprint density at radius 1 is 1.64 bits per heavy atom. The summed E-state index contributed by atoms with van der Waals surface area (Å²) < 4.78 is 0. The van der Waals surface area contributed by atoms with Gasteiger partial charge in [-0.25, -0.2) is 0 Å². The number of hydrogen-bond acceptors (Lipinski definition) is 4. The molecule has 0 aromatic carbocycles. The first-order chi connectivity index (χ1) is 6.39. The van der Waals surface area contributed by atoms with Gasteiger partial charge in [-0.2, -0.15) is 15.5 Å². The fraction of sp³-hybridized carbons (Fsp3) is 0.778. The number of carbonyl (C=O) groups is 1. The lowest BCUT2D eigenvalue weighted by atomic mass is 9.99. The van der Waals surface area contributed by atoms with Gasteiger partial charge in [0.25, 0.3) is 0 Å². The minimum atomic E-state index is -1.01. The van der Waals surface area contributed by atoms with Crippen molar-refractivity contribution in [1.82, 2.24) is 0 Å². The average molecular weight is 197 g/mol. The number of rotatable bonds is 5. The quantitative estimate of drug-likeness (QED) is 0.684. The van der Waals surface area contributed by atoms with Gasteiger partial charge in [0, 0.05) is 6.42 Å². The molecule has 0 aliphatic heterocycles. The lowest BCUT2D eigenvalue weighted by molar-refractivity contribution is -0.137.